The molecule has 0 atom stereocenters. The Labute approximate surface area is 131 Å². The van der Waals surface area contributed by atoms with Gasteiger partial charge in [0.1, 0.15) is 10.8 Å². The molecule has 2 amide bonds. The van der Waals surface area contributed by atoms with Crippen molar-refractivity contribution in [1.29, 1.82) is 0 Å². The van der Waals surface area contributed by atoms with Gasteiger partial charge in [-0.05, 0) is 36.3 Å². The lowest BCUT2D eigenvalue weighted by Crippen LogP contribution is -2.14. The molecule has 4 nitrogen and oxygen atoms in total. The molecule has 2 aromatic rings. The Hall–Kier alpha value is -2.47. The molecule has 0 saturated carbocycles. The molecule has 1 aromatic heterocycles. The number of rotatable bonds is 5. The van der Waals surface area contributed by atoms with Crippen LogP contribution >= 0.6 is 11.3 Å². The molecular formula is C16H15FN2O2S. The van der Waals surface area contributed by atoms with E-state index in [0.717, 1.165) is 11.3 Å². The summed E-state index contributed by atoms with van der Waals surface area (Å²) in [5, 5.41) is 3.09. The molecule has 0 bridgehead atoms. The fraction of sp³-hybridized carbons (Fsp3) is 0.125. The zero-order chi connectivity index (χ0) is 16.1. The molecule has 1 aromatic carbocycles. The van der Waals surface area contributed by atoms with Gasteiger partial charge in [0.05, 0.1) is 5.56 Å². The Morgan fingerprint density at radius 1 is 1.32 bits per heavy atom. The quantitative estimate of drug-likeness (QED) is 0.831. The fourth-order valence-electron chi connectivity index (χ4n) is 1.79. The summed E-state index contributed by atoms with van der Waals surface area (Å²) in [5.41, 5.74) is 6.31. The smallest absolute Gasteiger partial charge is 0.251 e. The van der Waals surface area contributed by atoms with Gasteiger partial charge >= 0.3 is 0 Å². The van der Waals surface area contributed by atoms with Gasteiger partial charge in [0.25, 0.3) is 5.91 Å². The Morgan fingerprint density at radius 3 is 2.59 bits per heavy atom. The maximum absolute atomic E-state index is 12.8. The van der Waals surface area contributed by atoms with E-state index in [4.69, 9.17) is 5.73 Å². The zero-order valence-electron chi connectivity index (χ0n) is 11.9. The van der Waals surface area contributed by atoms with Crippen LogP contribution in [0.25, 0.3) is 6.08 Å². The molecule has 6 heteroatoms. The lowest BCUT2D eigenvalue weighted by Gasteiger charge is -2.00. The lowest BCUT2D eigenvalue weighted by atomic mass is 10.2. The number of aryl methyl sites for hydroxylation is 1. The van der Waals surface area contributed by atoms with Gasteiger partial charge in [0.2, 0.25) is 5.91 Å². The van der Waals surface area contributed by atoms with Crippen molar-refractivity contribution in [3.05, 3.63) is 58.2 Å². The van der Waals surface area contributed by atoms with Gasteiger partial charge in [-0.15, -0.1) is 11.3 Å². The number of halogens is 1. The number of anilines is 1. The minimum atomic E-state index is -0.575. The van der Waals surface area contributed by atoms with Crippen LogP contribution in [0.15, 0.2) is 36.4 Å². The highest BCUT2D eigenvalue weighted by Crippen LogP contribution is 2.28. The van der Waals surface area contributed by atoms with Gasteiger partial charge in [0, 0.05) is 11.0 Å². The Morgan fingerprint density at radius 2 is 2.00 bits per heavy atom. The topological polar surface area (TPSA) is 72.2 Å². The van der Waals surface area contributed by atoms with E-state index < -0.39 is 5.91 Å². The van der Waals surface area contributed by atoms with Crippen LogP contribution in [-0.2, 0) is 11.2 Å². The monoisotopic (exact) mass is 318 g/mol. The number of hydrogen-bond donors (Lipinski definition) is 2. The Balaban J connectivity index is 2.10. The van der Waals surface area contributed by atoms with Gasteiger partial charge in [-0.2, -0.15) is 0 Å². The number of hydrogen-bond acceptors (Lipinski definition) is 3. The summed E-state index contributed by atoms with van der Waals surface area (Å²) in [6, 6.07) is 7.44. The summed E-state index contributed by atoms with van der Waals surface area (Å²) in [7, 11) is 0. The molecule has 0 spiro atoms. The van der Waals surface area contributed by atoms with E-state index in [9.17, 15) is 14.0 Å². The highest BCUT2D eigenvalue weighted by Gasteiger charge is 2.14. The van der Waals surface area contributed by atoms with Crippen LogP contribution in [0.2, 0.25) is 0 Å². The molecule has 0 saturated heterocycles. The van der Waals surface area contributed by atoms with Crippen LogP contribution in [0.3, 0.4) is 0 Å². The summed E-state index contributed by atoms with van der Waals surface area (Å²) >= 11 is 1.32. The van der Waals surface area contributed by atoms with Crippen LogP contribution in [0.5, 0.6) is 0 Å². The normalized spacial score (nSPS) is 10.8. The first-order valence-electron chi connectivity index (χ1n) is 6.66. The van der Waals surface area contributed by atoms with Crippen LogP contribution in [-0.4, -0.2) is 11.8 Å². The van der Waals surface area contributed by atoms with Crippen molar-refractivity contribution in [3.63, 3.8) is 0 Å². The summed E-state index contributed by atoms with van der Waals surface area (Å²) in [4.78, 5) is 24.2. The highest BCUT2D eigenvalue weighted by atomic mass is 32.1. The molecule has 0 aliphatic heterocycles. The second kappa shape index (κ2) is 7.00. The van der Waals surface area contributed by atoms with Crippen LogP contribution < -0.4 is 11.1 Å². The molecule has 0 unspecified atom stereocenters. The van der Waals surface area contributed by atoms with Gasteiger partial charge < -0.3 is 11.1 Å². The standard InChI is InChI=1S/C16H15FN2O2S/c1-2-12-9-13(15(18)21)16(22-12)19-14(20)8-5-10-3-6-11(17)7-4-10/h3-9H,2H2,1H3,(H2,18,21)(H,19,20)/b8-5+. The van der Waals surface area contributed by atoms with Crippen molar-refractivity contribution in [3.8, 4) is 0 Å². The molecule has 0 aliphatic rings. The number of amides is 2. The van der Waals surface area contributed by atoms with E-state index in [1.165, 1.54) is 29.5 Å². The number of primary amides is 1. The van der Waals surface area contributed by atoms with Crippen molar-refractivity contribution < 1.29 is 14.0 Å². The predicted molar refractivity (Wildman–Crippen MR) is 86.3 cm³/mol. The maximum Gasteiger partial charge on any atom is 0.251 e. The minimum Gasteiger partial charge on any atom is -0.366 e. The third-order valence-corrected chi connectivity index (χ3v) is 4.13. The van der Waals surface area contributed by atoms with Gasteiger partial charge in [0.15, 0.2) is 0 Å². The molecule has 0 fully saturated rings. The average Bonchev–Trinajstić information content (AvgIpc) is 2.90. The van der Waals surface area contributed by atoms with Gasteiger partial charge in [-0.3, -0.25) is 9.59 Å². The first-order valence-corrected chi connectivity index (χ1v) is 7.48. The Kier molecular flexibility index (Phi) is 5.06. The van der Waals surface area contributed by atoms with Gasteiger partial charge in [-0.1, -0.05) is 19.1 Å². The van der Waals surface area contributed by atoms with E-state index in [1.54, 1.807) is 24.3 Å². The summed E-state index contributed by atoms with van der Waals surface area (Å²) < 4.78 is 12.8. The maximum atomic E-state index is 12.8. The SMILES string of the molecule is CCc1cc(C(N)=O)c(NC(=O)/C=C/c2ccc(F)cc2)s1. The number of carbonyl (C=O) groups excluding carboxylic acids is 2. The number of thiophene rings is 1. The molecule has 114 valence electrons. The molecular weight excluding hydrogens is 303 g/mol. The Bertz CT molecular complexity index is 720. The molecule has 0 radical (unpaired) electrons. The molecule has 1 heterocycles. The first-order chi connectivity index (χ1) is 10.5. The third kappa shape index (κ3) is 4.02. The lowest BCUT2D eigenvalue weighted by molar-refractivity contribution is -0.111. The first kappa shape index (κ1) is 15.9. The van der Waals surface area contributed by atoms with E-state index in [-0.39, 0.29) is 11.7 Å². The minimum absolute atomic E-state index is 0.311. The highest BCUT2D eigenvalue weighted by molar-refractivity contribution is 7.16. The predicted octanol–water partition coefficient (Wildman–Crippen LogP) is 3.20. The molecule has 22 heavy (non-hydrogen) atoms. The van der Waals surface area contributed by atoms with E-state index >= 15 is 0 Å². The average molecular weight is 318 g/mol. The van der Waals surface area contributed by atoms with Crippen molar-refractivity contribution in [2.24, 2.45) is 5.73 Å². The van der Waals surface area contributed by atoms with Crippen LogP contribution in [0.4, 0.5) is 9.39 Å². The molecule has 0 aliphatic carbocycles. The van der Waals surface area contributed by atoms with E-state index in [1.807, 2.05) is 6.92 Å². The van der Waals surface area contributed by atoms with Gasteiger partial charge in [-0.25, -0.2) is 4.39 Å². The van der Waals surface area contributed by atoms with Crippen molar-refractivity contribution in [2.45, 2.75) is 13.3 Å². The molecule has 2 rings (SSSR count). The van der Waals surface area contributed by atoms with Crippen LogP contribution in [0.1, 0.15) is 27.7 Å². The molecule has 3 N–H and O–H groups in total. The second-order valence-electron chi connectivity index (χ2n) is 4.55. The summed E-state index contributed by atoms with van der Waals surface area (Å²) in [6.45, 7) is 1.96. The largest absolute Gasteiger partial charge is 0.366 e. The van der Waals surface area contributed by atoms with Crippen LogP contribution in [0, 0.1) is 5.82 Å². The number of carbonyl (C=O) groups is 2. The van der Waals surface area contributed by atoms with E-state index in [2.05, 4.69) is 5.32 Å². The second-order valence-corrected chi connectivity index (χ2v) is 5.68. The van der Waals surface area contributed by atoms with Crippen molar-refractivity contribution in [2.75, 3.05) is 5.32 Å². The number of nitrogens with two attached hydrogens (primary N) is 1. The van der Waals surface area contributed by atoms with E-state index in [0.29, 0.717) is 16.1 Å². The number of nitrogens with one attached hydrogen (secondary N) is 1. The van der Waals surface area contributed by atoms with Crippen molar-refractivity contribution in [1.82, 2.24) is 0 Å². The van der Waals surface area contributed by atoms with Crippen molar-refractivity contribution >= 4 is 34.2 Å². The fourth-order valence-corrected chi connectivity index (χ4v) is 2.80. The third-order valence-electron chi connectivity index (χ3n) is 2.93. The zero-order valence-corrected chi connectivity index (χ0v) is 12.7. The number of benzene rings is 1. The summed E-state index contributed by atoms with van der Waals surface area (Å²) in [5.74, 6) is -1.29. The summed E-state index contributed by atoms with van der Waals surface area (Å²) in [6.07, 6.45) is 3.64.